The first-order chi connectivity index (χ1) is 8.97. The zero-order valence-corrected chi connectivity index (χ0v) is 10.9. The van der Waals surface area contributed by atoms with Crippen LogP contribution in [0.5, 0.6) is 0 Å². The smallest absolute Gasteiger partial charge is 0.365 e. The van der Waals surface area contributed by atoms with Crippen molar-refractivity contribution in [3.8, 4) is 0 Å². The van der Waals surface area contributed by atoms with Gasteiger partial charge in [-0.15, -0.1) is 11.3 Å². The zero-order chi connectivity index (χ0) is 14.0. The number of hydrogen-bond donors (Lipinski definition) is 2. The van der Waals surface area contributed by atoms with Crippen LogP contribution in [0, 0.1) is 11.6 Å². The molecule has 0 aliphatic rings. The Hall–Kier alpha value is -1.73. The normalized spacial score (nSPS) is 10.5. The summed E-state index contributed by atoms with van der Waals surface area (Å²) in [5.41, 5.74) is 0.384. The van der Waals surface area contributed by atoms with Gasteiger partial charge >= 0.3 is 5.97 Å². The molecule has 1 heterocycles. The molecule has 0 saturated carbocycles. The lowest BCUT2D eigenvalue weighted by atomic mass is 10.3. The van der Waals surface area contributed by atoms with E-state index in [1.54, 1.807) is 0 Å². The van der Waals surface area contributed by atoms with Crippen LogP contribution in [0.1, 0.15) is 15.5 Å². The molecule has 19 heavy (non-hydrogen) atoms. The molecule has 100 valence electrons. The fourth-order valence-corrected chi connectivity index (χ4v) is 2.29. The maximum Gasteiger partial charge on any atom is 0.365 e. The average Bonchev–Trinajstić information content (AvgIpc) is 2.76. The summed E-state index contributed by atoms with van der Waals surface area (Å²) in [4.78, 5) is 14.5. The van der Waals surface area contributed by atoms with E-state index in [0.717, 1.165) is 17.4 Å². The molecule has 0 saturated heterocycles. The Kier molecular flexibility index (Phi) is 3.96. The molecular formula is C11H7ClF2N2O2S. The highest BCUT2D eigenvalue weighted by molar-refractivity contribution is 7.11. The SMILES string of the molecule is O=C(O)c1nc(CNc2c(F)cc(F)cc2Cl)cs1. The third-order valence-electron chi connectivity index (χ3n) is 2.19. The van der Waals surface area contributed by atoms with E-state index in [1.807, 2.05) is 0 Å². The number of thiazole rings is 1. The van der Waals surface area contributed by atoms with E-state index >= 15 is 0 Å². The first-order valence-electron chi connectivity index (χ1n) is 5.03. The number of carboxylic acid groups (broad SMARTS) is 1. The summed E-state index contributed by atoms with van der Waals surface area (Å²) in [6.07, 6.45) is 0. The van der Waals surface area contributed by atoms with E-state index in [2.05, 4.69) is 10.3 Å². The van der Waals surface area contributed by atoms with Gasteiger partial charge in [0.2, 0.25) is 5.01 Å². The number of nitrogens with zero attached hydrogens (tertiary/aromatic N) is 1. The summed E-state index contributed by atoms with van der Waals surface area (Å²) in [5, 5.41) is 12.8. The predicted molar refractivity (Wildman–Crippen MR) is 67.8 cm³/mol. The second kappa shape index (κ2) is 5.50. The predicted octanol–water partition coefficient (Wildman–Crippen LogP) is 3.39. The highest BCUT2D eigenvalue weighted by Crippen LogP contribution is 2.26. The number of nitrogens with one attached hydrogen (secondary N) is 1. The molecule has 2 rings (SSSR count). The minimum atomic E-state index is -1.12. The number of hydrogen-bond acceptors (Lipinski definition) is 4. The summed E-state index contributed by atoms with van der Waals surface area (Å²) in [5.74, 6) is -2.71. The number of aromatic nitrogens is 1. The summed E-state index contributed by atoms with van der Waals surface area (Å²) in [6, 6.07) is 1.69. The van der Waals surface area contributed by atoms with Gasteiger partial charge in [0.05, 0.1) is 22.9 Å². The third kappa shape index (κ3) is 3.18. The lowest BCUT2D eigenvalue weighted by molar-refractivity contribution is 0.0696. The number of carboxylic acids is 1. The second-order valence-corrected chi connectivity index (χ2v) is 4.81. The molecule has 2 N–H and O–H groups in total. The van der Waals surface area contributed by atoms with E-state index < -0.39 is 17.6 Å². The number of benzene rings is 1. The van der Waals surface area contributed by atoms with E-state index in [0.29, 0.717) is 11.8 Å². The van der Waals surface area contributed by atoms with Crippen molar-refractivity contribution in [1.82, 2.24) is 4.98 Å². The molecule has 0 amide bonds. The summed E-state index contributed by atoms with van der Waals surface area (Å²) in [6.45, 7) is 0.0893. The summed E-state index contributed by atoms with van der Waals surface area (Å²) >= 11 is 6.67. The molecule has 0 aliphatic carbocycles. The molecule has 1 aromatic carbocycles. The maximum absolute atomic E-state index is 13.4. The Morgan fingerprint density at radius 3 is 2.79 bits per heavy atom. The van der Waals surface area contributed by atoms with Crippen molar-refractivity contribution in [2.24, 2.45) is 0 Å². The second-order valence-electron chi connectivity index (χ2n) is 3.55. The topological polar surface area (TPSA) is 62.2 Å². The van der Waals surface area contributed by atoms with Gasteiger partial charge in [0.1, 0.15) is 5.82 Å². The molecular weight excluding hydrogens is 298 g/mol. The van der Waals surface area contributed by atoms with Crippen LogP contribution in [0.3, 0.4) is 0 Å². The fourth-order valence-electron chi connectivity index (χ4n) is 1.38. The van der Waals surface area contributed by atoms with Crippen molar-refractivity contribution in [3.63, 3.8) is 0 Å². The van der Waals surface area contributed by atoms with Crippen molar-refractivity contribution >= 4 is 34.6 Å². The number of carbonyl (C=O) groups is 1. The Morgan fingerprint density at radius 1 is 1.47 bits per heavy atom. The van der Waals surface area contributed by atoms with Gasteiger partial charge in [0.25, 0.3) is 0 Å². The van der Waals surface area contributed by atoms with Gasteiger partial charge in [-0.2, -0.15) is 0 Å². The zero-order valence-electron chi connectivity index (χ0n) is 9.28. The molecule has 0 unspecified atom stereocenters. The maximum atomic E-state index is 13.4. The van der Waals surface area contributed by atoms with Crippen LogP contribution in [0.15, 0.2) is 17.5 Å². The van der Waals surface area contributed by atoms with Crippen LogP contribution in [-0.4, -0.2) is 16.1 Å². The van der Waals surface area contributed by atoms with Gasteiger partial charge < -0.3 is 10.4 Å². The van der Waals surface area contributed by atoms with Crippen LogP contribution >= 0.6 is 22.9 Å². The molecule has 0 bridgehead atoms. The van der Waals surface area contributed by atoms with Crippen LogP contribution in [-0.2, 0) is 6.54 Å². The first kappa shape index (κ1) is 13.7. The van der Waals surface area contributed by atoms with Crippen molar-refractivity contribution in [3.05, 3.63) is 44.9 Å². The fraction of sp³-hybridized carbons (Fsp3) is 0.0909. The molecule has 1 aromatic heterocycles. The van der Waals surface area contributed by atoms with Gasteiger partial charge in [-0.25, -0.2) is 18.6 Å². The van der Waals surface area contributed by atoms with Crippen molar-refractivity contribution in [2.75, 3.05) is 5.32 Å². The van der Waals surface area contributed by atoms with Gasteiger partial charge in [0.15, 0.2) is 5.82 Å². The Balaban J connectivity index is 2.12. The average molecular weight is 305 g/mol. The highest BCUT2D eigenvalue weighted by Gasteiger charge is 2.12. The number of aromatic carboxylic acids is 1. The molecule has 0 fully saturated rings. The van der Waals surface area contributed by atoms with Crippen LogP contribution in [0.2, 0.25) is 5.02 Å². The quantitative estimate of drug-likeness (QED) is 0.909. The monoisotopic (exact) mass is 304 g/mol. The van der Waals surface area contributed by atoms with E-state index in [4.69, 9.17) is 16.7 Å². The largest absolute Gasteiger partial charge is 0.476 e. The van der Waals surface area contributed by atoms with Gasteiger partial charge in [-0.3, -0.25) is 0 Å². The van der Waals surface area contributed by atoms with E-state index in [-0.39, 0.29) is 22.3 Å². The van der Waals surface area contributed by atoms with E-state index in [9.17, 15) is 13.6 Å². The Bertz CT molecular complexity index is 610. The molecule has 0 spiro atoms. The summed E-state index contributed by atoms with van der Waals surface area (Å²) < 4.78 is 26.3. The van der Waals surface area contributed by atoms with Crippen LogP contribution < -0.4 is 5.32 Å². The first-order valence-corrected chi connectivity index (χ1v) is 6.29. The standard InChI is InChI=1S/C11H7ClF2N2O2S/c12-7-1-5(13)2-8(14)9(7)15-3-6-4-19-10(16-6)11(17)18/h1-2,4,15H,3H2,(H,17,18). The molecule has 0 aliphatic heterocycles. The molecule has 0 radical (unpaired) electrons. The van der Waals surface area contributed by atoms with Crippen molar-refractivity contribution in [1.29, 1.82) is 0 Å². The molecule has 2 aromatic rings. The minimum Gasteiger partial charge on any atom is -0.476 e. The Labute approximate surface area is 115 Å². The van der Waals surface area contributed by atoms with Gasteiger partial charge in [-0.1, -0.05) is 11.6 Å². The minimum absolute atomic E-state index is 0.0482. The lowest BCUT2D eigenvalue weighted by Gasteiger charge is -2.08. The van der Waals surface area contributed by atoms with Crippen LogP contribution in [0.4, 0.5) is 14.5 Å². The van der Waals surface area contributed by atoms with Crippen LogP contribution in [0.25, 0.3) is 0 Å². The number of anilines is 1. The van der Waals surface area contributed by atoms with Crippen molar-refractivity contribution < 1.29 is 18.7 Å². The van der Waals surface area contributed by atoms with Crippen molar-refractivity contribution in [2.45, 2.75) is 6.54 Å². The third-order valence-corrected chi connectivity index (χ3v) is 3.37. The highest BCUT2D eigenvalue weighted by atomic mass is 35.5. The Morgan fingerprint density at radius 2 is 2.21 bits per heavy atom. The lowest BCUT2D eigenvalue weighted by Crippen LogP contribution is -2.04. The number of halogens is 3. The van der Waals surface area contributed by atoms with Gasteiger partial charge in [-0.05, 0) is 6.07 Å². The number of rotatable bonds is 4. The summed E-state index contributed by atoms with van der Waals surface area (Å²) in [7, 11) is 0. The van der Waals surface area contributed by atoms with E-state index in [1.165, 1.54) is 5.38 Å². The van der Waals surface area contributed by atoms with Gasteiger partial charge in [0, 0.05) is 11.4 Å². The molecule has 8 heteroatoms. The molecule has 4 nitrogen and oxygen atoms in total. The molecule has 0 atom stereocenters.